The third-order valence-corrected chi connectivity index (χ3v) is 2.22. The van der Waals surface area contributed by atoms with Gasteiger partial charge in [-0.15, -0.1) is 0 Å². The molecule has 1 aromatic rings. The average Bonchev–Trinajstić information content (AvgIpc) is 2.21. The summed E-state index contributed by atoms with van der Waals surface area (Å²) < 4.78 is 5.17. The lowest BCUT2D eigenvalue weighted by Gasteiger charge is -2.26. The third-order valence-electron chi connectivity index (χ3n) is 2.22. The van der Waals surface area contributed by atoms with E-state index in [0.717, 1.165) is 26.2 Å². The second-order valence-electron chi connectivity index (χ2n) is 3.26. The number of nitrogens with zero attached hydrogens (tertiary/aromatic N) is 1. The van der Waals surface area contributed by atoms with Gasteiger partial charge in [0.15, 0.2) is 0 Å². The number of hydrogen-bond donors (Lipinski definition) is 0. The Morgan fingerprint density at radius 2 is 2.08 bits per heavy atom. The van der Waals surface area contributed by atoms with Crippen molar-refractivity contribution in [2.24, 2.45) is 0 Å². The number of rotatable bonds is 2. The maximum atomic E-state index is 5.17. The third kappa shape index (κ3) is 2.54. The van der Waals surface area contributed by atoms with E-state index in [4.69, 9.17) is 4.74 Å². The summed E-state index contributed by atoms with van der Waals surface area (Å²) in [6, 6.07) is 10.5. The Morgan fingerprint density at radius 1 is 1.23 bits per heavy atom. The Morgan fingerprint density at radius 3 is 2.77 bits per heavy atom. The van der Waals surface area contributed by atoms with Crippen molar-refractivity contribution in [2.45, 2.75) is 6.54 Å². The molecule has 1 radical (unpaired) electrons. The molecule has 0 amide bonds. The predicted molar refractivity (Wildman–Crippen MR) is 52.0 cm³/mol. The molecule has 0 atom stereocenters. The lowest BCUT2D eigenvalue weighted by molar-refractivity contribution is 0.0811. The van der Waals surface area contributed by atoms with Crippen LogP contribution in [0.5, 0.6) is 0 Å². The fourth-order valence-electron chi connectivity index (χ4n) is 1.50. The summed E-state index contributed by atoms with van der Waals surface area (Å²) in [6.07, 6.45) is 0. The van der Waals surface area contributed by atoms with Crippen molar-refractivity contribution in [3.63, 3.8) is 0 Å². The van der Waals surface area contributed by atoms with Crippen LogP contribution in [0.4, 0.5) is 0 Å². The van der Waals surface area contributed by atoms with Gasteiger partial charge >= 0.3 is 0 Å². The van der Waals surface area contributed by atoms with Crippen molar-refractivity contribution < 1.29 is 4.74 Å². The maximum absolute atomic E-state index is 5.17. The Hall–Kier alpha value is -0.860. The van der Waals surface area contributed by atoms with Crippen LogP contribution in [0, 0.1) is 6.61 Å². The van der Waals surface area contributed by atoms with Crippen LogP contribution in [-0.4, -0.2) is 24.6 Å². The number of ether oxygens (including phenoxy) is 1. The zero-order chi connectivity index (χ0) is 8.93. The zero-order valence-electron chi connectivity index (χ0n) is 7.65. The molecule has 1 fully saturated rings. The Bertz CT molecular complexity index is 242. The van der Waals surface area contributed by atoms with Gasteiger partial charge in [-0.05, 0) is 5.56 Å². The molecule has 1 aromatic carbocycles. The molecule has 0 saturated carbocycles. The lowest BCUT2D eigenvalue weighted by Crippen LogP contribution is -2.33. The van der Waals surface area contributed by atoms with Crippen molar-refractivity contribution >= 4 is 0 Å². The van der Waals surface area contributed by atoms with Crippen LogP contribution in [-0.2, 0) is 11.3 Å². The minimum atomic E-state index is 0.826. The molecule has 1 aliphatic rings. The normalized spacial score (nSPS) is 18.8. The molecule has 1 aliphatic heterocycles. The van der Waals surface area contributed by atoms with E-state index in [0.29, 0.717) is 0 Å². The van der Waals surface area contributed by atoms with Crippen LogP contribution < -0.4 is 0 Å². The molecule has 2 nitrogen and oxygen atoms in total. The fourth-order valence-corrected chi connectivity index (χ4v) is 1.50. The number of benzene rings is 1. The topological polar surface area (TPSA) is 12.5 Å². The second kappa shape index (κ2) is 4.40. The molecule has 0 bridgehead atoms. The highest BCUT2D eigenvalue weighted by Gasteiger charge is 2.10. The first-order valence-electron chi connectivity index (χ1n) is 4.65. The Labute approximate surface area is 79.1 Å². The molecule has 0 aliphatic carbocycles. The van der Waals surface area contributed by atoms with Gasteiger partial charge in [0.05, 0.1) is 13.2 Å². The van der Waals surface area contributed by atoms with Gasteiger partial charge in [-0.1, -0.05) is 30.3 Å². The first kappa shape index (κ1) is 8.73. The molecule has 0 spiro atoms. The van der Waals surface area contributed by atoms with Crippen molar-refractivity contribution in [1.29, 1.82) is 0 Å². The van der Waals surface area contributed by atoms with Gasteiger partial charge in [0.2, 0.25) is 0 Å². The van der Waals surface area contributed by atoms with Crippen LogP contribution in [0.15, 0.2) is 30.3 Å². The molecule has 1 saturated heterocycles. The summed E-state index contributed by atoms with van der Waals surface area (Å²) in [5.41, 5.74) is 1.37. The highest BCUT2D eigenvalue weighted by Crippen LogP contribution is 2.07. The maximum Gasteiger partial charge on any atom is 0.0976 e. The van der Waals surface area contributed by atoms with Crippen molar-refractivity contribution in [2.75, 3.05) is 19.7 Å². The van der Waals surface area contributed by atoms with Gasteiger partial charge in [-0.2, -0.15) is 0 Å². The Kier molecular flexibility index (Phi) is 2.95. The summed E-state index contributed by atoms with van der Waals surface area (Å²) >= 11 is 0. The van der Waals surface area contributed by atoms with Gasteiger partial charge in [0.25, 0.3) is 0 Å². The summed E-state index contributed by atoms with van der Waals surface area (Å²) in [5.74, 6) is 0. The molecule has 0 aromatic heterocycles. The lowest BCUT2D eigenvalue weighted by atomic mass is 10.2. The van der Waals surface area contributed by atoms with Crippen LogP contribution in [0.2, 0.25) is 0 Å². The quantitative estimate of drug-likeness (QED) is 0.679. The van der Waals surface area contributed by atoms with E-state index in [-0.39, 0.29) is 0 Å². The Balaban J connectivity index is 1.90. The van der Waals surface area contributed by atoms with E-state index in [9.17, 15) is 0 Å². The molecular formula is C11H14NO. The van der Waals surface area contributed by atoms with Crippen LogP contribution >= 0.6 is 0 Å². The molecule has 2 rings (SSSR count). The van der Waals surface area contributed by atoms with E-state index in [1.165, 1.54) is 5.56 Å². The van der Waals surface area contributed by atoms with Crippen molar-refractivity contribution in [3.05, 3.63) is 42.5 Å². The number of morpholine rings is 1. The largest absolute Gasteiger partial charge is 0.373 e. The molecule has 0 unspecified atom stereocenters. The van der Waals surface area contributed by atoms with Crippen LogP contribution in [0.25, 0.3) is 0 Å². The van der Waals surface area contributed by atoms with E-state index < -0.39 is 0 Å². The summed E-state index contributed by atoms with van der Waals surface area (Å²) in [5, 5.41) is 0. The van der Waals surface area contributed by atoms with Gasteiger partial charge in [-0.3, -0.25) is 4.90 Å². The molecule has 2 heteroatoms. The average molecular weight is 176 g/mol. The van der Waals surface area contributed by atoms with Gasteiger partial charge in [0, 0.05) is 19.6 Å². The number of hydrogen-bond acceptors (Lipinski definition) is 2. The monoisotopic (exact) mass is 176 g/mol. The minimum absolute atomic E-state index is 0.826. The smallest absolute Gasteiger partial charge is 0.0976 e. The molecule has 69 valence electrons. The summed E-state index contributed by atoms with van der Waals surface area (Å²) in [4.78, 5) is 2.37. The molecular weight excluding hydrogens is 162 g/mol. The fraction of sp³-hybridized carbons (Fsp3) is 0.364. The first-order valence-corrected chi connectivity index (χ1v) is 4.65. The predicted octanol–water partition coefficient (Wildman–Crippen LogP) is 1.68. The molecule has 0 N–H and O–H groups in total. The SMILES string of the molecule is [CH]1CN(Cc2ccccc2)CCO1. The van der Waals surface area contributed by atoms with Crippen molar-refractivity contribution in [1.82, 2.24) is 4.90 Å². The van der Waals surface area contributed by atoms with Gasteiger partial charge in [0.1, 0.15) is 0 Å². The van der Waals surface area contributed by atoms with Gasteiger partial charge in [-0.25, -0.2) is 0 Å². The highest BCUT2D eigenvalue weighted by molar-refractivity contribution is 5.14. The van der Waals surface area contributed by atoms with E-state index in [1.807, 2.05) is 6.61 Å². The van der Waals surface area contributed by atoms with Crippen molar-refractivity contribution in [3.8, 4) is 0 Å². The second-order valence-corrected chi connectivity index (χ2v) is 3.26. The first-order chi connectivity index (χ1) is 6.45. The molecule has 1 heterocycles. The summed E-state index contributed by atoms with van der Waals surface area (Å²) in [7, 11) is 0. The molecule has 13 heavy (non-hydrogen) atoms. The van der Waals surface area contributed by atoms with E-state index in [2.05, 4.69) is 35.2 Å². The van der Waals surface area contributed by atoms with Crippen LogP contribution in [0.1, 0.15) is 5.56 Å². The zero-order valence-corrected chi connectivity index (χ0v) is 7.65. The van der Waals surface area contributed by atoms with Gasteiger partial charge < -0.3 is 4.74 Å². The van der Waals surface area contributed by atoms with Crippen LogP contribution in [0.3, 0.4) is 0 Å². The minimum Gasteiger partial charge on any atom is -0.373 e. The highest BCUT2D eigenvalue weighted by atomic mass is 16.5. The standard InChI is InChI=1S/C11H14NO/c1-2-4-11(5-3-1)10-12-6-8-13-9-7-12/h1-5,8H,6-7,9-10H2. The van der Waals surface area contributed by atoms with E-state index in [1.54, 1.807) is 0 Å². The van der Waals surface area contributed by atoms with E-state index >= 15 is 0 Å². The summed E-state index contributed by atoms with van der Waals surface area (Å²) in [6.45, 7) is 5.71.